The second-order valence-corrected chi connectivity index (χ2v) is 4.51. The zero-order valence-electron chi connectivity index (χ0n) is 11.0. The van der Waals surface area contributed by atoms with Gasteiger partial charge in [-0.1, -0.05) is 12.1 Å². The summed E-state index contributed by atoms with van der Waals surface area (Å²) in [5, 5.41) is 5.48. The first kappa shape index (κ1) is 13.2. The standard InChI is InChI=1S/C13H17N3O3/c1-16(2)13(18)14-8-7-11-12(17)15-9-5-3-4-6-10(9)19-11/h3-6,11H,7-8H2,1-2H3,(H,14,18)(H,15,17). The molecule has 19 heavy (non-hydrogen) atoms. The largest absolute Gasteiger partial charge is 0.478 e. The van der Waals surface area contributed by atoms with Crippen molar-refractivity contribution in [2.45, 2.75) is 12.5 Å². The number of carbonyl (C=O) groups excluding carboxylic acids is 2. The molecule has 2 N–H and O–H groups in total. The summed E-state index contributed by atoms with van der Waals surface area (Å²) in [6.45, 7) is 0.386. The van der Waals surface area contributed by atoms with E-state index in [1.807, 2.05) is 12.1 Å². The van der Waals surface area contributed by atoms with Crippen molar-refractivity contribution < 1.29 is 14.3 Å². The van der Waals surface area contributed by atoms with Crippen LogP contribution in [0.3, 0.4) is 0 Å². The van der Waals surface area contributed by atoms with Crippen LogP contribution in [0, 0.1) is 0 Å². The summed E-state index contributed by atoms with van der Waals surface area (Å²) in [6.07, 6.45) is -0.142. The Hall–Kier alpha value is -2.24. The van der Waals surface area contributed by atoms with Gasteiger partial charge in [0.2, 0.25) is 0 Å². The van der Waals surface area contributed by atoms with Crippen molar-refractivity contribution in [3.8, 4) is 5.75 Å². The highest BCUT2D eigenvalue weighted by molar-refractivity contribution is 5.97. The van der Waals surface area contributed by atoms with Crippen molar-refractivity contribution >= 4 is 17.6 Å². The molecule has 1 aromatic rings. The van der Waals surface area contributed by atoms with E-state index in [9.17, 15) is 9.59 Å². The second kappa shape index (κ2) is 5.60. The average Bonchev–Trinajstić information content (AvgIpc) is 2.39. The minimum atomic E-state index is -0.572. The molecule has 0 aliphatic carbocycles. The van der Waals surface area contributed by atoms with Gasteiger partial charge in [-0.15, -0.1) is 0 Å². The number of urea groups is 1. The number of amides is 3. The number of hydrogen-bond acceptors (Lipinski definition) is 3. The van der Waals surface area contributed by atoms with E-state index in [2.05, 4.69) is 10.6 Å². The molecule has 0 saturated heterocycles. The summed E-state index contributed by atoms with van der Waals surface area (Å²) in [6, 6.07) is 7.09. The van der Waals surface area contributed by atoms with Gasteiger partial charge in [-0.25, -0.2) is 4.79 Å². The van der Waals surface area contributed by atoms with Gasteiger partial charge in [-0.05, 0) is 12.1 Å². The first-order chi connectivity index (χ1) is 9.08. The van der Waals surface area contributed by atoms with Gasteiger partial charge in [0.05, 0.1) is 5.69 Å². The Kier molecular flexibility index (Phi) is 3.89. The molecule has 0 fully saturated rings. The van der Waals surface area contributed by atoms with E-state index in [0.717, 1.165) is 0 Å². The first-order valence-corrected chi connectivity index (χ1v) is 6.09. The summed E-state index contributed by atoms with van der Waals surface area (Å²) < 4.78 is 5.61. The zero-order valence-corrected chi connectivity index (χ0v) is 11.0. The summed E-state index contributed by atoms with van der Waals surface area (Å²) in [7, 11) is 3.32. The van der Waals surface area contributed by atoms with E-state index >= 15 is 0 Å². The monoisotopic (exact) mass is 263 g/mol. The molecule has 0 bridgehead atoms. The maximum atomic E-state index is 11.8. The summed E-state index contributed by atoms with van der Waals surface area (Å²) in [5.74, 6) is 0.476. The van der Waals surface area contributed by atoms with Crippen molar-refractivity contribution in [2.24, 2.45) is 0 Å². The van der Waals surface area contributed by atoms with Gasteiger partial charge in [0.15, 0.2) is 6.10 Å². The molecule has 0 saturated carbocycles. The molecule has 1 atom stereocenters. The summed E-state index contributed by atoms with van der Waals surface area (Å²) in [4.78, 5) is 24.6. The number of anilines is 1. The first-order valence-electron chi connectivity index (χ1n) is 6.09. The minimum absolute atomic E-state index is 0.183. The molecule has 1 aliphatic heterocycles. The highest BCUT2D eigenvalue weighted by Crippen LogP contribution is 2.29. The Labute approximate surface area is 111 Å². The molecule has 0 aromatic heterocycles. The Balaban J connectivity index is 1.89. The van der Waals surface area contributed by atoms with Crippen LogP contribution in [-0.4, -0.2) is 43.6 Å². The topological polar surface area (TPSA) is 70.7 Å². The number of rotatable bonds is 3. The predicted molar refractivity (Wildman–Crippen MR) is 71.2 cm³/mol. The van der Waals surface area contributed by atoms with E-state index < -0.39 is 6.10 Å². The van der Waals surface area contributed by atoms with Gasteiger partial charge in [0, 0.05) is 27.1 Å². The molecular formula is C13H17N3O3. The lowest BCUT2D eigenvalue weighted by Gasteiger charge is -2.25. The lowest BCUT2D eigenvalue weighted by molar-refractivity contribution is -0.123. The zero-order chi connectivity index (χ0) is 13.8. The number of hydrogen-bond donors (Lipinski definition) is 2. The van der Waals surface area contributed by atoms with Crippen LogP contribution >= 0.6 is 0 Å². The van der Waals surface area contributed by atoms with Crippen molar-refractivity contribution in [3.05, 3.63) is 24.3 Å². The minimum Gasteiger partial charge on any atom is -0.478 e. The van der Waals surface area contributed by atoms with E-state index in [-0.39, 0.29) is 11.9 Å². The third-order valence-corrected chi connectivity index (χ3v) is 2.80. The fraction of sp³-hybridized carbons (Fsp3) is 0.385. The molecule has 1 aliphatic rings. The Morgan fingerprint density at radius 3 is 2.89 bits per heavy atom. The molecule has 6 nitrogen and oxygen atoms in total. The number of benzene rings is 1. The molecular weight excluding hydrogens is 246 g/mol. The van der Waals surface area contributed by atoms with Gasteiger partial charge < -0.3 is 20.3 Å². The van der Waals surface area contributed by atoms with Crippen LogP contribution in [-0.2, 0) is 4.79 Å². The average molecular weight is 263 g/mol. The lowest BCUT2D eigenvalue weighted by Crippen LogP contribution is -2.41. The van der Waals surface area contributed by atoms with Crippen molar-refractivity contribution in [2.75, 3.05) is 26.0 Å². The molecule has 102 valence electrons. The second-order valence-electron chi connectivity index (χ2n) is 4.51. The van der Waals surface area contributed by atoms with E-state index in [4.69, 9.17) is 4.74 Å². The highest BCUT2D eigenvalue weighted by atomic mass is 16.5. The van der Waals surface area contributed by atoms with Gasteiger partial charge in [-0.2, -0.15) is 0 Å². The predicted octanol–water partition coefficient (Wildman–Crippen LogP) is 1.05. The third kappa shape index (κ3) is 3.15. The lowest BCUT2D eigenvalue weighted by atomic mass is 10.1. The van der Waals surface area contributed by atoms with Gasteiger partial charge in [0.25, 0.3) is 5.91 Å². The van der Waals surface area contributed by atoms with Crippen molar-refractivity contribution in [1.82, 2.24) is 10.2 Å². The van der Waals surface area contributed by atoms with Crippen LogP contribution < -0.4 is 15.4 Å². The molecule has 3 amide bonds. The molecule has 1 heterocycles. The molecule has 0 radical (unpaired) electrons. The highest BCUT2D eigenvalue weighted by Gasteiger charge is 2.26. The Morgan fingerprint density at radius 2 is 2.16 bits per heavy atom. The van der Waals surface area contributed by atoms with Gasteiger partial charge in [0.1, 0.15) is 5.75 Å². The summed E-state index contributed by atoms with van der Waals surface area (Å²) >= 11 is 0. The van der Waals surface area contributed by atoms with Crippen LogP contribution in [0.1, 0.15) is 6.42 Å². The van der Waals surface area contributed by atoms with Crippen LogP contribution in [0.5, 0.6) is 5.75 Å². The fourth-order valence-electron chi connectivity index (χ4n) is 1.75. The van der Waals surface area contributed by atoms with Crippen LogP contribution in [0.2, 0.25) is 0 Å². The molecule has 0 spiro atoms. The number of nitrogens with one attached hydrogen (secondary N) is 2. The van der Waals surface area contributed by atoms with Crippen LogP contribution in [0.4, 0.5) is 10.5 Å². The Morgan fingerprint density at radius 1 is 1.42 bits per heavy atom. The normalized spacial score (nSPS) is 16.9. The number of nitrogens with zero attached hydrogens (tertiary/aromatic N) is 1. The third-order valence-electron chi connectivity index (χ3n) is 2.80. The quantitative estimate of drug-likeness (QED) is 0.856. The van der Waals surface area contributed by atoms with E-state index in [1.165, 1.54) is 4.90 Å². The Bertz CT molecular complexity index is 488. The molecule has 1 unspecified atom stereocenters. The van der Waals surface area contributed by atoms with Gasteiger partial charge >= 0.3 is 6.03 Å². The number of carbonyl (C=O) groups is 2. The summed E-state index contributed by atoms with van der Waals surface area (Å²) in [5.41, 5.74) is 0.682. The number of ether oxygens (including phenoxy) is 1. The maximum Gasteiger partial charge on any atom is 0.316 e. The SMILES string of the molecule is CN(C)C(=O)NCCC1Oc2ccccc2NC1=O. The molecule has 2 rings (SSSR count). The van der Waals surface area contributed by atoms with Crippen molar-refractivity contribution in [3.63, 3.8) is 0 Å². The van der Waals surface area contributed by atoms with Crippen LogP contribution in [0.15, 0.2) is 24.3 Å². The van der Waals surface area contributed by atoms with Crippen molar-refractivity contribution in [1.29, 1.82) is 0 Å². The number of para-hydroxylation sites is 2. The smallest absolute Gasteiger partial charge is 0.316 e. The number of fused-ring (bicyclic) bond motifs is 1. The fourth-order valence-corrected chi connectivity index (χ4v) is 1.75. The van der Waals surface area contributed by atoms with E-state index in [1.54, 1.807) is 26.2 Å². The molecule has 6 heteroatoms. The van der Waals surface area contributed by atoms with E-state index in [0.29, 0.717) is 24.4 Å². The maximum absolute atomic E-state index is 11.8. The van der Waals surface area contributed by atoms with Gasteiger partial charge in [-0.3, -0.25) is 4.79 Å². The van der Waals surface area contributed by atoms with Crippen LogP contribution in [0.25, 0.3) is 0 Å². The molecule has 1 aromatic carbocycles.